The zero-order valence-electron chi connectivity index (χ0n) is 12.6. The van der Waals surface area contributed by atoms with Gasteiger partial charge in [0.05, 0.1) is 5.54 Å². The van der Waals surface area contributed by atoms with Gasteiger partial charge in [-0.2, -0.15) is 0 Å². The third-order valence-corrected chi connectivity index (χ3v) is 4.48. The lowest BCUT2D eigenvalue weighted by atomic mass is 9.87. The molecule has 4 rings (SSSR count). The third kappa shape index (κ3) is 2.69. The Morgan fingerprint density at radius 3 is 2.87 bits per heavy atom. The molecule has 2 aliphatic rings. The van der Waals surface area contributed by atoms with Gasteiger partial charge in [0, 0.05) is 31.7 Å². The van der Waals surface area contributed by atoms with Crippen molar-refractivity contribution < 1.29 is 9.53 Å². The van der Waals surface area contributed by atoms with E-state index >= 15 is 0 Å². The van der Waals surface area contributed by atoms with Gasteiger partial charge in [0.1, 0.15) is 5.82 Å². The number of nitrogens with zero attached hydrogens (tertiary/aromatic N) is 4. The van der Waals surface area contributed by atoms with Crippen LogP contribution in [0, 0.1) is 0 Å². The summed E-state index contributed by atoms with van der Waals surface area (Å²) < 4.78 is 5.22. The summed E-state index contributed by atoms with van der Waals surface area (Å²) in [5, 5.41) is 3.53. The molecule has 1 saturated heterocycles. The zero-order chi connectivity index (χ0) is 15.7. The highest BCUT2D eigenvalue weighted by molar-refractivity contribution is 5.70. The molecule has 1 fully saturated rings. The maximum absolute atomic E-state index is 12.3. The first kappa shape index (κ1) is 13.9. The van der Waals surface area contributed by atoms with E-state index in [1.165, 1.54) is 5.56 Å². The Morgan fingerprint density at radius 2 is 2.00 bits per heavy atom. The quantitative estimate of drug-likeness (QED) is 0.866. The first-order chi connectivity index (χ1) is 11.2. The molecular formula is C16H17N5O2. The van der Waals surface area contributed by atoms with Gasteiger partial charge in [0.15, 0.2) is 0 Å². The summed E-state index contributed by atoms with van der Waals surface area (Å²) in [6, 6.07) is 5.81. The molecule has 1 amide bonds. The summed E-state index contributed by atoms with van der Waals surface area (Å²) >= 11 is 0. The van der Waals surface area contributed by atoms with E-state index in [1.54, 1.807) is 29.6 Å². The van der Waals surface area contributed by atoms with Gasteiger partial charge < -0.3 is 15.0 Å². The van der Waals surface area contributed by atoms with Crippen LogP contribution in [0.4, 0.5) is 10.6 Å². The van der Waals surface area contributed by atoms with E-state index in [9.17, 15) is 4.79 Å². The van der Waals surface area contributed by atoms with Crippen LogP contribution in [-0.4, -0.2) is 44.6 Å². The molecule has 2 aliphatic heterocycles. The molecule has 7 heteroatoms. The van der Waals surface area contributed by atoms with E-state index in [0.717, 1.165) is 25.1 Å². The van der Waals surface area contributed by atoms with Crippen molar-refractivity contribution in [3.63, 3.8) is 0 Å². The molecule has 4 heterocycles. The van der Waals surface area contributed by atoms with Crippen LogP contribution in [0.25, 0.3) is 0 Å². The molecule has 0 aliphatic carbocycles. The normalized spacial score (nSPS) is 22.5. The molecule has 118 valence electrons. The van der Waals surface area contributed by atoms with Crippen molar-refractivity contribution in [2.24, 2.45) is 0 Å². The first-order valence-electron chi connectivity index (χ1n) is 7.70. The van der Waals surface area contributed by atoms with Crippen molar-refractivity contribution >= 4 is 11.9 Å². The number of pyridine rings is 1. The van der Waals surface area contributed by atoms with Crippen LogP contribution in [-0.2, 0) is 6.42 Å². The molecule has 0 radical (unpaired) electrons. The number of ether oxygens (including phenoxy) is 1. The molecule has 0 aromatic carbocycles. The van der Waals surface area contributed by atoms with Crippen LogP contribution in [0.1, 0.15) is 18.4 Å². The van der Waals surface area contributed by atoms with Crippen molar-refractivity contribution in [1.29, 1.82) is 0 Å². The Morgan fingerprint density at radius 1 is 1.17 bits per heavy atom. The van der Waals surface area contributed by atoms with E-state index in [2.05, 4.69) is 26.3 Å². The Labute approximate surface area is 133 Å². The smallest absolute Gasteiger partial charge is 0.374 e. The minimum Gasteiger partial charge on any atom is -0.374 e. The maximum Gasteiger partial charge on any atom is 0.417 e. The topological polar surface area (TPSA) is 80.2 Å². The molecule has 0 saturated carbocycles. The predicted octanol–water partition coefficient (Wildman–Crippen LogP) is 1.87. The number of nitrogens with one attached hydrogen (secondary N) is 1. The van der Waals surface area contributed by atoms with Gasteiger partial charge >= 0.3 is 12.1 Å². The molecule has 1 unspecified atom stereocenters. The average molecular weight is 311 g/mol. The Bertz CT molecular complexity index is 723. The van der Waals surface area contributed by atoms with Crippen LogP contribution in [0.15, 0.2) is 36.8 Å². The van der Waals surface area contributed by atoms with E-state index in [-0.39, 0.29) is 11.5 Å². The molecule has 1 N–H and O–H groups in total. The number of rotatable bonds is 1. The van der Waals surface area contributed by atoms with Gasteiger partial charge in [-0.25, -0.2) is 19.7 Å². The second-order valence-electron chi connectivity index (χ2n) is 5.99. The number of fused-ring (bicyclic) bond motifs is 1. The molecule has 0 bridgehead atoms. The summed E-state index contributed by atoms with van der Waals surface area (Å²) in [5.74, 6) is 0.931. The van der Waals surface area contributed by atoms with Gasteiger partial charge in [-0.05, 0) is 37.0 Å². The summed E-state index contributed by atoms with van der Waals surface area (Å²) in [6.07, 6.45) is 7.32. The lowest BCUT2D eigenvalue weighted by Gasteiger charge is -2.35. The van der Waals surface area contributed by atoms with Crippen LogP contribution < -0.4 is 10.1 Å². The van der Waals surface area contributed by atoms with Gasteiger partial charge in [-0.15, -0.1) is 0 Å². The van der Waals surface area contributed by atoms with Gasteiger partial charge in [-0.1, -0.05) is 6.07 Å². The molecule has 1 atom stereocenters. The van der Waals surface area contributed by atoms with Crippen molar-refractivity contribution in [3.05, 3.63) is 42.4 Å². The number of aromatic nitrogens is 3. The van der Waals surface area contributed by atoms with Crippen LogP contribution in [0.5, 0.6) is 6.01 Å². The summed E-state index contributed by atoms with van der Waals surface area (Å²) in [6.45, 7) is 1.26. The Kier molecular flexibility index (Phi) is 3.33. The van der Waals surface area contributed by atoms with Crippen molar-refractivity contribution in [2.45, 2.75) is 24.8 Å². The highest BCUT2D eigenvalue weighted by Gasteiger charge is 2.43. The highest BCUT2D eigenvalue weighted by atomic mass is 16.6. The summed E-state index contributed by atoms with van der Waals surface area (Å²) in [4.78, 5) is 26.2. The van der Waals surface area contributed by atoms with Crippen molar-refractivity contribution in [2.75, 3.05) is 18.4 Å². The fraction of sp³-hybridized carbons (Fsp3) is 0.375. The average Bonchev–Trinajstić information content (AvgIpc) is 2.99. The Balaban J connectivity index is 1.44. The number of amides is 1. The first-order valence-corrected chi connectivity index (χ1v) is 7.70. The number of carbonyl (C=O) groups excluding carboxylic acids is 1. The maximum atomic E-state index is 12.3. The van der Waals surface area contributed by atoms with E-state index in [0.29, 0.717) is 13.1 Å². The lowest BCUT2D eigenvalue weighted by molar-refractivity contribution is 0.156. The fourth-order valence-corrected chi connectivity index (χ4v) is 3.26. The highest BCUT2D eigenvalue weighted by Crippen LogP contribution is 2.35. The minimum absolute atomic E-state index is 0.0852. The van der Waals surface area contributed by atoms with Crippen LogP contribution in [0.3, 0.4) is 0 Å². The standard InChI is InChI=1S/C16H17N5O2/c22-15(23-14-18-8-2-9-19-14)21-10-6-16(11-21)5-4-12-3-1-7-17-13(12)20-16/h1-3,7-9H,4-6,10-11H2,(H,17,20). The zero-order valence-corrected chi connectivity index (χ0v) is 12.6. The third-order valence-electron chi connectivity index (χ3n) is 4.48. The van der Waals surface area contributed by atoms with Gasteiger partial charge in [-0.3, -0.25) is 0 Å². The second-order valence-corrected chi connectivity index (χ2v) is 5.99. The lowest BCUT2D eigenvalue weighted by Crippen LogP contribution is -2.45. The minimum atomic E-state index is -0.401. The molecular weight excluding hydrogens is 294 g/mol. The summed E-state index contributed by atoms with van der Waals surface area (Å²) in [5.41, 5.74) is 1.12. The number of aryl methyl sites for hydroxylation is 1. The molecule has 2 aromatic heterocycles. The second kappa shape index (κ2) is 5.49. The fourth-order valence-electron chi connectivity index (χ4n) is 3.26. The number of anilines is 1. The number of hydrogen-bond donors (Lipinski definition) is 1. The van der Waals surface area contributed by atoms with Gasteiger partial charge in [0.25, 0.3) is 0 Å². The monoisotopic (exact) mass is 311 g/mol. The van der Waals surface area contributed by atoms with Crippen molar-refractivity contribution in [1.82, 2.24) is 19.9 Å². The van der Waals surface area contributed by atoms with E-state index < -0.39 is 6.09 Å². The van der Waals surface area contributed by atoms with E-state index in [1.807, 2.05) is 6.07 Å². The predicted molar refractivity (Wildman–Crippen MR) is 83.2 cm³/mol. The molecule has 1 spiro atoms. The van der Waals surface area contributed by atoms with Gasteiger partial charge in [0.2, 0.25) is 0 Å². The molecule has 7 nitrogen and oxygen atoms in total. The Hall–Kier alpha value is -2.70. The number of carbonyl (C=O) groups is 1. The van der Waals surface area contributed by atoms with Crippen LogP contribution >= 0.6 is 0 Å². The molecule has 2 aromatic rings. The van der Waals surface area contributed by atoms with Crippen molar-refractivity contribution in [3.8, 4) is 6.01 Å². The SMILES string of the molecule is O=C(Oc1ncccn1)N1CCC2(CCc3cccnc3N2)C1. The van der Waals surface area contributed by atoms with Crippen LogP contribution in [0.2, 0.25) is 0 Å². The number of hydrogen-bond acceptors (Lipinski definition) is 6. The molecule has 23 heavy (non-hydrogen) atoms. The summed E-state index contributed by atoms with van der Waals surface area (Å²) in [7, 11) is 0. The number of likely N-dealkylation sites (tertiary alicyclic amines) is 1. The largest absolute Gasteiger partial charge is 0.417 e. The van der Waals surface area contributed by atoms with E-state index in [4.69, 9.17) is 4.74 Å².